The number of ether oxygens (including phenoxy) is 1. The molecular formula is C66H48N7OPt-3. The van der Waals surface area contributed by atoms with E-state index in [-0.39, 0.29) is 26.5 Å². The maximum Gasteiger partial charge on any atom is 0.135 e. The van der Waals surface area contributed by atoms with Crippen LogP contribution >= 0.6 is 0 Å². The van der Waals surface area contributed by atoms with Gasteiger partial charge in [0.15, 0.2) is 0 Å². The van der Waals surface area contributed by atoms with E-state index in [1.165, 1.54) is 19.9 Å². The van der Waals surface area contributed by atoms with Crippen molar-refractivity contribution in [1.82, 2.24) is 23.3 Å². The Labute approximate surface area is 456 Å². The first-order chi connectivity index (χ1) is 38.6. The zero-order valence-electron chi connectivity index (χ0n) is 46.9. The second-order valence-corrected chi connectivity index (χ2v) is 20.2. The molecule has 0 saturated heterocycles. The smallest absolute Gasteiger partial charge is 0.135 e. The van der Waals surface area contributed by atoms with Crippen molar-refractivity contribution in [3.05, 3.63) is 219 Å². The van der Waals surface area contributed by atoms with Crippen LogP contribution in [0.25, 0.3) is 98.7 Å². The number of fused-ring (bicyclic) bond motifs is 13. The Morgan fingerprint density at radius 1 is 0.493 bits per heavy atom. The van der Waals surface area contributed by atoms with Crippen molar-refractivity contribution in [2.45, 2.75) is 26.2 Å². The molecule has 15 rings (SSSR count). The largest absolute Gasteiger partial charge is 0.509 e. The predicted molar refractivity (Wildman–Crippen MR) is 305 cm³/mol. The molecule has 14 aromatic rings. The van der Waals surface area contributed by atoms with Crippen LogP contribution in [0.4, 0.5) is 22.7 Å². The molecule has 0 aliphatic carbocycles. The van der Waals surface area contributed by atoms with E-state index in [1.807, 2.05) is 114 Å². The molecule has 0 N–H and O–H groups in total. The van der Waals surface area contributed by atoms with E-state index < -0.39 is 14.0 Å². The molecule has 0 fully saturated rings. The number of hydrogen-bond donors (Lipinski definition) is 0. The van der Waals surface area contributed by atoms with Crippen molar-refractivity contribution >= 4 is 110 Å². The number of para-hydroxylation sites is 6. The molecule has 0 spiro atoms. The van der Waals surface area contributed by atoms with Gasteiger partial charge in [0.05, 0.1) is 27.8 Å². The van der Waals surface area contributed by atoms with Crippen LogP contribution in [0.1, 0.15) is 34.6 Å². The summed E-state index contributed by atoms with van der Waals surface area (Å²) in [7, 11) is 0. The van der Waals surface area contributed by atoms with Crippen LogP contribution in [0.15, 0.2) is 194 Å². The van der Waals surface area contributed by atoms with Crippen molar-refractivity contribution in [3.63, 3.8) is 0 Å². The number of hydrogen-bond acceptors (Lipinski definition) is 4. The molecule has 9 heteroatoms. The van der Waals surface area contributed by atoms with Gasteiger partial charge in [0.2, 0.25) is 0 Å². The number of aryl methyl sites for hydroxylation is 2. The standard InChI is InChI=1S/C66H48N7O.Pt/c1-66(2,3)41-33-34-67-62(35-41)73-58-32-29-43(72-56-25-12-8-19-46(56)47-20-9-13-26-57(47)72)37-51(58)50-31-30-45(38-61(50)73)74-44-18-16-17-42(36-44)70-40-71(60-28-15-14-27-59(60)70)65-63-52(48-21-6-10-23-54(48)68(63)4)39-53-49-22-7-11-24-55(49)69(5)64(53)65;/h6-35,37,39-40H,1-5H3;/q-3;/i4D3,5D3;. The summed E-state index contributed by atoms with van der Waals surface area (Å²) in [5.74, 6) is 1.67. The third-order valence-electron chi connectivity index (χ3n) is 15.0. The van der Waals surface area contributed by atoms with Gasteiger partial charge in [-0.05, 0) is 89.2 Å². The molecule has 9 aromatic carbocycles. The van der Waals surface area contributed by atoms with Crippen LogP contribution < -0.4 is 14.5 Å². The van der Waals surface area contributed by atoms with E-state index in [4.69, 9.17) is 17.9 Å². The van der Waals surface area contributed by atoms with Crippen molar-refractivity contribution < 1.29 is 34.0 Å². The SMILES string of the molecule is [2H]C([2H])([2H])n1c2ccccc2c2cc3c4ccccc4n(C([2H])([2H])[2H])c3c(N3[CH-]N(c4[c-]c(Oc5[c-]c6c(cc5)c5cc(-n7c8ccccc8c8ccccc87)ccc5n6-c5cc(C(C)(C)C)ccn5)ccc4)c4ccccc43)c21.[Pt]. The molecule has 1 aliphatic heterocycles. The van der Waals surface area contributed by atoms with Crippen LogP contribution in [0, 0.1) is 18.8 Å². The minimum atomic E-state index is -2.64. The molecular weight excluding hydrogens is 1100 g/mol. The first-order valence-electron chi connectivity index (χ1n) is 27.8. The number of benzene rings is 9. The molecule has 6 heterocycles. The second-order valence-electron chi connectivity index (χ2n) is 20.2. The van der Waals surface area contributed by atoms with Crippen LogP contribution in [0.2, 0.25) is 0 Å². The topological polar surface area (TPSA) is 48.3 Å². The molecule has 1 aliphatic rings. The number of anilines is 4. The van der Waals surface area contributed by atoms with Crippen molar-refractivity contribution in [2.75, 3.05) is 9.80 Å². The third kappa shape index (κ3) is 6.68. The van der Waals surface area contributed by atoms with E-state index in [0.29, 0.717) is 61.4 Å². The maximum absolute atomic E-state index is 9.00. The number of aromatic nitrogens is 5. The minimum Gasteiger partial charge on any atom is -0.509 e. The monoisotopic (exact) mass is 1160 g/mol. The zero-order chi connectivity index (χ0) is 54.6. The molecule has 0 atom stereocenters. The van der Waals surface area contributed by atoms with Crippen molar-refractivity contribution in [3.8, 4) is 23.0 Å². The summed E-state index contributed by atoms with van der Waals surface area (Å²) in [5, 5.41) is 7.27. The van der Waals surface area contributed by atoms with Gasteiger partial charge in [0.25, 0.3) is 0 Å². The second kappa shape index (κ2) is 16.7. The van der Waals surface area contributed by atoms with Crippen molar-refractivity contribution in [2.24, 2.45) is 14.0 Å². The maximum atomic E-state index is 9.00. The summed E-state index contributed by atoms with van der Waals surface area (Å²) in [4.78, 5) is 8.88. The third-order valence-corrected chi connectivity index (χ3v) is 15.0. The van der Waals surface area contributed by atoms with Gasteiger partial charge in [-0.3, -0.25) is 0 Å². The summed E-state index contributed by atoms with van der Waals surface area (Å²) in [6, 6.07) is 69.5. The fourth-order valence-electron chi connectivity index (χ4n) is 11.6. The minimum absolute atomic E-state index is 0. The summed E-state index contributed by atoms with van der Waals surface area (Å²) >= 11 is 0. The van der Waals surface area contributed by atoms with Crippen molar-refractivity contribution in [1.29, 1.82) is 0 Å². The number of rotatable bonds is 6. The van der Waals surface area contributed by atoms with Gasteiger partial charge in [0, 0.05) is 127 Å². The Morgan fingerprint density at radius 2 is 1.07 bits per heavy atom. The van der Waals surface area contributed by atoms with E-state index >= 15 is 0 Å². The Balaban J connectivity index is 0.00000589. The molecule has 0 radical (unpaired) electrons. The van der Waals surface area contributed by atoms with E-state index in [0.717, 1.165) is 66.4 Å². The average molecular weight is 1160 g/mol. The zero-order valence-corrected chi connectivity index (χ0v) is 43.2. The quantitative estimate of drug-likeness (QED) is 0.156. The number of pyridine rings is 1. The molecule has 366 valence electrons. The Bertz CT molecular complexity index is 4750. The molecule has 75 heavy (non-hydrogen) atoms. The fraction of sp³-hybridized carbons (Fsp3) is 0.0909. The summed E-state index contributed by atoms with van der Waals surface area (Å²) < 4.78 is 68.1. The van der Waals surface area contributed by atoms with Gasteiger partial charge in [-0.25, -0.2) is 4.98 Å². The fourth-order valence-corrected chi connectivity index (χ4v) is 11.6. The Kier molecular flexibility index (Phi) is 8.69. The van der Waals surface area contributed by atoms with Crippen LogP contribution in [-0.2, 0) is 40.4 Å². The first kappa shape index (κ1) is 39.0. The number of nitrogens with zero attached hydrogens (tertiary/aromatic N) is 7. The Hall–Kier alpha value is -8.58. The molecule has 0 unspecified atom stereocenters. The van der Waals surface area contributed by atoms with E-state index in [2.05, 4.69) is 127 Å². The van der Waals surface area contributed by atoms with E-state index in [1.54, 1.807) is 12.1 Å². The van der Waals surface area contributed by atoms with Crippen LogP contribution in [0.5, 0.6) is 11.5 Å². The molecule has 0 bridgehead atoms. The summed E-state index contributed by atoms with van der Waals surface area (Å²) in [5.41, 5.74) is 10.4. The summed E-state index contributed by atoms with van der Waals surface area (Å²) in [6.07, 6.45) is 1.87. The molecule has 0 amide bonds. The summed E-state index contributed by atoms with van der Waals surface area (Å²) in [6.45, 7) is 3.21. The molecule has 8 nitrogen and oxygen atoms in total. The van der Waals surface area contributed by atoms with Gasteiger partial charge >= 0.3 is 0 Å². The molecule has 5 aromatic heterocycles. The van der Waals surface area contributed by atoms with Crippen LogP contribution in [0.3, 0.4) is 0 Å². The van der Waals surface area contributed by atoms with Gasteiger partial charge < -0.3 is 32.8 Å². The Morgan fingerprint density at radius 3 is 1.71 bits per heavy atom. The van der Waals surface area contributed by atoms with Gasteiger partial charge in [-0.2, -0.15) is 12.1 Å². The van der Waals surface area contributed by atoms with Gasteiger partial charge in [-0.1, -0.05) is 111 Å². The predicted octanol–water partition coefficient (Wildman–Crippen LogP) is 16.7. The van der Waals surface area contributed by atoms with Gasteiger partial charge in [-0.15, -0.1) is 48.1 Å². The van der Waals surface area contributed by atoms with Gasteiger partial charge in [0.1, 0.15) is 5.82 Å². The average Bonchev–Trinajstić information content (AvgIpc) is 2.40. The van der Waals surface area contributed by atoms with Crippen LogP contribution in [-0.4, -0.2) is 23.3 Å². The van der Waals surface area contributed by atoms with E-state index in [9.17, 15) is 0 Å². The molecule has 0 saturated carbocycles. The first-order valence-corrected chi connectivity index (χ1v) is 24.8. The normalized spacial score (nSPS) is 14.4.